The van der Waals surface area contributed by atoms with E-state index >= 15 is 0 Å². The molecule has 5 atom stereocenters. The van der Waals surface area contributed by atoms with E-state index in [2.05, 4.69) is 0 Å². The zero-order chi connectivity index (χ0) is 14.2. The summed E-state index contributed by atoms with van der Waals surface area (Å²) in [6.45, 7) is 5.85. The lowest BCUT2D eigenvalue weighted by atomic mass is 9.82. The van der Waals surface area contributed by atoms with E-state index in [1.807, 2.05) is 20.8 Å². The molecule has 0 aliphatic carbocycles. The van der Waals surface area contributed by atoms with Crippen LogP contribution in [0.3, 0.4) is 0 Å². The number of halogens is 2. The molecule has 0 spiro atoms. The molecule has 19 heavy (non-hydrogen) atoms. The number of ether oxygens (including phenoxy) is 1. The van der Waals surface area contributed by atoms with Gasteiger partial charge in [-0.3, -0.25) is 0 Å². The molecule has 0 radical (unpaired) electrons. The minimum absolute atomic E-state index is 0.0199. The first-order valence-corrected chi connectivity index (χ1v) is 6.68. The van der Waals surface area contributed by atoms with Crippen molar-refractivity contribution in [3.63, 3.8) is 0 Å². The summed E-state index contributed by atoms with van der Waals surface area (Å²) in [5.74, 6) is -1.15. The summed E-state index contributed by atoms with van der Waals surface area (Å²) in [6.07, 6.45) is -0.871. The molecule has 1 saturated heterocycles. The molecule has 2 rings (SSSR count). The molecule has 1 N–H and O–H groups in total. The minimum atomic E-state index is -0.804. The number of aliphatic hydroxyl groups excluding tert-OH is 1. The van der Waals surface area contributed by atoms with Crippen LogP contribution in [0.15, 0.2) is 18.2 Å². The Hall–Kier alpha value is -1.00. The van der Waals surface area contributed by atoms with E-state index in [1.54, 1.807) is 0 Å². The van der Waals surface area contributed by atoms with Gasteiger partial charge in [0.1, 0.15) is 11.6 Å². The lowest BCUT2D eigenvalue weighted by Crippen LogP contribution is -2.33. The van der Waals surface area contributed by atoms with Crippen LogP contribution in [0.4, 0.5) is 8.78 Å². The first-order valence-electron chi connectivity index (χ1n) is 6.68. The van der Waals surface area contributed by atoms with Gasteiger partial charge in [0.15, 0.2) is 0 Å². The maximum atomic E-state index is 13.6. The average Bonchev–Trinajstić information content (AvgIpc) is 2.58. The molecule has 0 saturated carbocycles. The van der Waals surface area contributed by atoms with Crippen molar-refractivity contribution in [1.82, 2.24) is 0 Å². The second-order valence-corrected chi connectivity index (χ2v) is 5.45. The summed E-state index contributed by atoms with van der Waals surface area (Å²) >= 11 is 0. The van der Waals surface area contributed by atoms with E-state index in [0.29, 0.717) is 0 Å². The maximum Gasteiger partial charge on any atom is 0.129 e. The Balaban J connectivity index is 2.15. The molecule has 0 aromatic heterocycles. The molecule has 2 nitrogen and oxygen atoms in total. The highest BCUT2D eigenvalue weighted by atomic mass is 19.1. The van der Waals surface area contributed by atoms with E-state index in [-0.39, 0.29) is 36.0 Å². The standard InChI is InChI=1S/C15H20F2O2/c1-8-9(2)19-10(3)15(8)14(18)7-11-12(16)5-4-6-13(11)17/h4-6,8-10,14-15,18H,7H2,1-3H3. The van der Waals surface area contributed by atoms with Gasteiger partial charge in [-0.15, -0.1) is 0 Å². The number of hydrogen-bond acceptors (Lipinski definition) is 2. The topological polar surface area (TPSA) is 29.5 Å². The Morgan fingerprint density at radius 2 is 1.74 bits per heavy atom. The second kappa shape index (κ2) is 5.55. The van der Waals surface area contributed by atoms with Crippen molar-refractivity contribution >= 4 is 0 Å². The van der Waals surface area contributed by atoms with Crippen LogP contribution < -0.4 is 0 Å². The van der Waals surface area contributed by atoms with Crippen molar-refractivity contribution in [3.8, 4) is 0 Å². The normalized spacial score (nSPS) is 32.5. The van der Waals surface area contributed by atoms with Gasteiger partial charge in [0.25, 0.3) is 0 Å². The van der Waals surface area contributed by atoms with Gasteiger partial charge < -0.3 is 9.84 Å². The summed E-state index contributed by atoms with van der Waals surface area (Å²) in [5, 5.41) is 10.3. The quantitative estimate of drug-likeness (QED) is 0.915. The van der Waals surface area contributed by atoms with Crippen LogP contribution in [0, 0.1) is 23.5 Å². The van der Waals surface area contributed by atoms with Crippen LogP contribution in [0.5, 0.6) is 0 Å². The number of rotatable bonds is 3. The van der Waals surface area contributed by atoms with Gasteiger partial charge in [-0.1, -0.05) is 13.0 Å². The maximum absolute atomic E-state index is 13.6. The molecule has 5 unspecified atom stereocenters. The SMILES string of the molecule is CC1OC(C)C(C(O)Cc2c(F)cccc2F)C1C. The van der Waals surface area contributed by atoms with Crippen LogP contribution >= 0.6 is 0 Å². The minimum Gasteiger partial charge on any atom is -0.392 e. The molecule has 1 aliphatic heterocycles. The smallest absolute Gasteiger partial charge is 0.129 e. The van der Waals surface area contributed by atoms with Crippen LogP contribution in [0.1, 0.15) is 26.3 Å². The highest BCUT2D eigenvalue weighted by Crippen LogP contribution is 2.35. The summed E-state index contributed by atoms with van der Waals surface area (Å²) in [7, 11) is 0. The fraction of sp³-hybridized carbons (Fsp3) is 0.600. The molecule has 1 aromatic carbocycles. The predicted octanol–water partition coefficient (Wildman–Crippen LogP) is 2.93. The van der Waals surface area contributed by atoms with Crippen LogP contribution in [0.2, 0.25) is 0 Å². The number of hydrogen-bond donors (Lipinski definition) is 1. The molecule has 1 heterocycles. The van der Waals surface area contributed by atoms with Crippen molar-refractivity contribution in [2.45, 2.75) is 45.5 Å². The van der Waals surface area contributed by atoms with E-state index in [4.69, 9.17) is 4.74 Å². The molecular weight excluding hydrogens is 250 g/mol. The van der Waals surface area contributed by atoms with E-state index in [9.17, 15) is 13.9 Å². The van der Waals surface area contributed by atoms with Gasteiger partial charge in [-0.25, -0.2) is 8.78 Å². The Labute approximate surface area is 112 Å². The van der Waals surface area contributed by atoms with Crippen LogP contribution in [-0.4, -0.2) is 23.4 Å². The highest BCUT2D eigenvalue weighted by molar-refractivity contribution is 5.20. The predicted molar refractivity (Wildman–Crippen MR) is 68.7 cm³/mol. The van der Waals surface area contributed by atoms with Gasteiger partial charge in [0.05, 0.1) is 18.3 Å². The fourth-order valence-corrected chi connectivity index (χ4v) is 3.03. The Morgan fingerprint density at radius 1 is 1.16 bits per heavy atom. The third kappa shape index (κ3) is 2.79. The monoisotopic (exact) mass is 270 g/mol. The van der Waals surface area contributed by atoms with Gasteiger partial charge in [-0.05, 0) is 31.9 Å². The summed E-state index contributed by atoms with van der Waals surface area (Å²) in [5.41, 5.74) is -0.0473. The molecule has 0 bridgehead atoms. The lowest BCUT2D eigenvalue weighted by molar-refractivity contribution is 0.0235. The first-order chi connectivity index (χ1) is 8.91. The number of aliphatic hydroxyl groups is 1. The Kier molecular flexibility index (Phi) is 4.21. The molecule has 1 aromatic rings. The molecule has 106 valence electrons. The zero-order valence-electron chi connectivity index (χ0n) is 11.4. The Bertz CT molecular complexity index is 430. The van der Waals surface area contributed by atoms with Crippen molar-refractivity contribution in [2.24, 2.45) is 11.8 Å². The molecule has 1 aliphatic rings. The summed E-state index contributed by atoms with van der Waals surface area (Å²) in [6, 6.07) is 3.75. The van der Waals surface area contributed by atoms with Gasteiger partial charge >= 0.3 is 0 Å². The van der Waals surface area contributed by atoms with Gasteiger partial charge in [-0.2, -0.15) is 0 Å². The first kappa shape index (κ1) is 14.4. The third-order valence-electron chi connectivity index (χ3n) is 4.24. The van der Waals surface area contributed by atoms with Crippen LogP contribution in [-0.2, 0) is 11.2 Å². The summed E-state index contributed by atoms with van der Waals surface area (Å²) in [4.78, 5) is 0. The number of benzene rings is 1. The zero-order valence-corrected chi connectivity index (χ0v) is 11.4. The van der Waals surface area contributed by atoms with E-state index in [1.165, 1.54) is 18.2 Å². The lowest BCUT2D eigenvalue weighted by Gasteiger charge is -2.25. The van der Waals surface area contributed by atoms with E-state index < -0.39 is 17.7 Å². The van der Waals surface area contributed by atoms with Gasteiger partial charge in [0.2, 0.25) is 0 Å². The average molecular weight is 270 g/mol. The fourth-order valence-electron chi connectivity index (χ4n) is 3.03. The van der Waals surface area contributed by atoms with Crippen molar-refractivity contribution < 1.29 is 18.6 Å². The van der Waals surface area contributed by atoms with Crippen LogP contribution in [0.25, 0.3) is 0 Å². The van der Waals surface area contributed by atoms with Crippen molar-refractivity contribution in [1.29, 1.82) is 0 Å². The molecule has 0 amide bonds. The van der Waals surface area contributed by atoms with Crippen molar-refractivity contribution in [3.05, 3.63) is 35.4 Å². The third-order valence-corrected chi connectivity index (χ3v) is 4.24. The summed E-state index contributed by atoms with van der Waals surface area (Å²) < 4.78 is 32.8. The van der Waals surface area contributed by atoms with Gasteiger partial charge in [0, 0.05) is 17.9 Å². The molecule has 4 heteroatoms. The Morgan fingerprint density at radius 3 is 2.21 bits per heavy atom. The van der Waals surface area contributed by atoms with Crippen molar-refractivity contribution in [2.75, 3.05) is 0 Å². The molecular formula is C15H20F2O2. The second-order valence-electron chi connectivity index (χ2n) is 5.45. The molecule has 1 fully saturated rings. The van der Waals surface area contributed by atoms with E-state index in [0.717, 1.165) is 0 Å². The highest BCUT2D eigenvalue weighted by Gasteiger charge is 2.41. The largest absolute Gasteiger partial charge is 0.392 e.